The average molecular weight is 523 g/mol. The van der Waals surface area contributed by atoms with Crippen LogP contribution in [0, 0.1) is 11.8 Å². The van der Waals surface area contributed by atoms with E-state index in [9.17, 15) is 19.2 Å². The van der Waals surface area contributed by atoms with E-state index in [0.717, 1.165) is 0 Å². The molecule has 1 aliphatic rings. The van der Waals surface area contributed by atoms with Crippen LogP contribution < -0.4 is 0 Å². The van der Waals surface area contributed by atoms with E-state index in [1.54, 1.807) is 97.0 Å². The summed E-state index contributed by atoms with van der Waals surface area (Å²) in [5.41, 5.74) is 0.237. The largest absolute Gasteiger partial charge is 0.462 e. The first-order valence-electron chi connectivity index (χ1n) is 13.0. The minimum absolute atomic E-state index is 0.135. The molecule has 38 heavy (non-hydrogen) atoms. The van der Waals surface area contributed by atoms with Gasteiger partial charge in [0.2, 0.25) is 0 Å². The highest BCUT2D eigenvalue weighted by Crippen LogP contribution is 2.38. The van der Waals surface area contributed by atoms with Crippen molar-refractivity contribution >= 4 is 23.7 Å². The van der Waals surface area contributed by atoms with Crippen LogP contribution in [-0.4, -0.2) is 41.0 Å². The monoisotopic (exact) mass is 522 g/mol. The van der Waals surface area contributed by atoms with Gasteiger partial charge in [0.25, 0.3) is 0 Å². The van der Waals surface area contributed by atoms with Gasteiger partial charge in [0.1, 0.15) is 17.3 Å². The van der Waals surface area contributed by atoms with Crippen LogP contribution in [0.5, 0.6) is 0 Å². The Morgan fingerprint density at radius 3 is 1.74 bits per heavy atom. The van der Waals surface area contributed by atoms with Crippen molar-refractivity contribution in [1.82, 2.24) is 0 Å². The summed E-state index contributed by atoms with van der Waals surface area (Å²) in [4.78, 5) is 51.9. The van der Waals surface area contributed by atoms with Crippen molar-refractivity contribution in [3.63, 3.8) is 0 Å². The van der Waals surface area contributed by atoms with Crippen molar-refractivity contribution in [3.05, 3.63) is 71.3 Å². The van der Waals surface area contributed by atoms with E-state index in [0.29, 0.717) is 16.7 Å². The summed E-state index contributed by atoms with van der Waals surface area (Å²) in [5, 5.41) is 0. The second-order valence-electron chi connectivity index (χ2n) is 11.9. The molecule has 2 aromatic carbocycles. The minimum atomic E-state index is -0.774. The van der Waals surface area contributed by atoms with Crippen molar-refractivity contribution < 1.29 is 33.4 Å². The molecule has 1 saturated carbocycles. The van der Waals surface area contributed by atoms with Crippen LogP contribution >= 0.6 is 0 Å². The zero-order valence-electron chi connectivity index (χ0n) is 23.3. The summed E-state index contributed by atoms with van der Waals surface area (Å²) in [6.45, 7) is 12.3. The van der Waals surface area contributed by atoms with Crippen LogP contribution in [0.3, 0.4) is 0 Å². The Bertz CT molecular complexity index is 1130. The highest BCUT2D eigenvalue weighted by atomic mass is 16.6. The van der Waals surface area contributed by atoms with Crippen molar-refractivity contribution in [1.29, 1.82) is 0 Å². The van der Waals surface area contributed by atoms with Gasteiger partial charge in [0, 0.05) is 11.1 Å². The molecule has 0 bridgehead atoms. The highest BCUT2D eigenvalue weighted by Gasteiger charge is 2.47. The summed E-state index contributed by atoms with van der Waals surface area (Å²) in [6, 6.07) is 15.9. The highest BCUT2D eigenvalue weighted by molar-refractivity contribution is 6.09. The van der Waals surface area contributed by atoms with Gasteiger partial charge in [-0.3, -0.25) is 19.2 Å². The Labute approximate surface area is 224 Å². The first-order chi connectivity index (χ1) is 17.6. The van der Waals surface area contributed by atoms with E-state index in [1.807, 2.05) is 6.07 Å². The molecule has 7 nitrogen and oxygen atoms in total. The van der Waals surface area contributed by atoms with Gasteiger partial charge in [-0.15, -0.1) is 0 Å². The molecule has 0 heterocycles. The topological polar surface area (TPSA) is 96.0 Å². The predicted molar refractivity (Wildman–Crippen MR) is 143 cm³/mol. The molecule has 0 aliphatic heterocycles. The third-order valence-corrected chi connectivity index (χ3v) is 6.26. The van der Waals surface area contributed by atoms with Gasteiger partial charge < -0.3 is 14.2 Å². The molecular weight excluding hydrogens is 484 g/mol. The van der Waals surface area contributed by atoms with Crippen molar-refractivity contribution in [2.75, 3.05) is 0 Å². The van der Waals surface area contributed by atoms with Crippen LogP contribution in [0.4, 0.5) is 0 Å². The van der Waals surface area contributed by atoms with Crippen LogP contribution in [0.2, 0.25) is 0 Å². The van der Waals surface area contributed by atoms with Gasteiger partial charge in [0.15, 0.2) is 5.78 Å². The summed E-state index contributed by atoms with van der Waals surface area (Å²) in [5.74, 6) is -3.84. The molecule has 204 valence electrons. The van der Waals surface area contributed by atoms with E-state index in [-0.39, 0.29) is 18.6 Å². The van der Waals surface area contributed by atoms with Gasteiger partial charge in [-0.05, 0) is 72.9 Å². The molecule has 0 aromatic heterocycles. The van der Waals surface area contributed by atoms with Crippen LogP contribution in [0.25, 0.3) is 0 Å². The van der Waals surface area contributed by atoms with Crippen molar-refractivity contribution in [2.24, 2.45) is 11.8 Å². The Morgan fingerprint density at radius 2 is 1.24 bits per heavy atom. The molecule has 7 heteroatoms. The van der Waals surface area contributed by atoms with E-state index in [4.69, 9.17) is 14.2 Å². The van der Waals surface area contributed by atoms with E-state index >= 15 is 0 Å². The summed E-state index contributed by atoms with van der Waals surface area (Å²) >= 11 is 0. The van der Waals surface area contributed by atoms with Gasteiger partial charge >= 0.3 is 17.9 Å². The SMILES string of the molecule is C[C@H](C(=O)OC1CC(C(=O)OC(C)(C)C)[C@H](C(=O)OC(C)(C)C)C1)c1cccc(C(=O)c2ccccc2)c1. The Balaban J connectivity index is 1.73. The zero-order chi connectivity index (χ0) is 28.3. The molecule has 2 aromatic rings. The summed E-state index contributed by atoms with van der Waals surface area (Å²) in [7, 11) is 0. The van der Waals surface area contributed by atoms with Gasteiger partial charge in [-0.25, -0.2) is 0 Å². The lowest BCUT2D eigenvalue weighted by Crippen LogP contribution is -2.36. The molecule has 4 atom stereocenters. The lowest BCUT2D eigenvalue weighted by Gasteiger charge is -2.26. The Kier molecular flexibility index (Phi) is 8.80. The van der Waals surface area contributed by atoms with Gasteiger partial charge in [-0.1, -0.05) is 48.5 Å². The fraction of sp³-hybridized carbons (Fsp3) is 0.484. The van der Waals surface area contributed by atoms with Crippen LogP contribution in [0.15, 0.2) is 54.6 Å². The van der Waals surface area contributed by atoms with Crippen molar-refractivity contribution in [3.8, 4) is 0 Å². The Hall–Kier alpha value is -3.48. The number of esters is 3. The van der Waals surface area contributed by atoms with Crippen molar-refractivity contribution in [2.45, 2.75) is 84.5 Å². The number of hydrogen-bond acceptors (Lipinski definition) is 7. The third-order valence-electron chi connectivity index (χ3n) is 6.26. The fourth-order valence-corrected chi connectivity index (χ4v) is 4.47. The second-order valence-corrected chi connectivity index (χ2v) is 11.9. The van der Waals surface area contributed by atoms with Gasteiger partial charge in [0.05, 0.1) is 17.8 Å². The maximum Gasteiger partial charge on any atom is 0.313 e. The molecule has 2 unspecified atom stereocenters. The molecule has 0 saturated heterocycles. The second kappa shape index (κ2) is 11.5. The first-order valence-corrected chi connectivity index (χ1v) is 13.0. The predicted octanol–water partition coefficient (Wildman–Crippen LogP) is 5.64. The maximum absolute atomic E-state index is 13.1. The van der Waals surface area contributed by atoms with E-state index < -0.39 is 53.0 Å². The maximum atomic E-state index is 13.1. The number of rotatable bonds is 7. The summed E-state index contributed by atoms with van der Waals surface area (Å²) < 4.78 is 16.9. The van der Waals surface area contributed by atoms with E-state index in [2.05, 4.69) is 0 Å². The van der Waals surface area contributed by atoms with Crippen LogP contribution in [0.1, 0.15) is 88.7 Å². The van der Waals surface area contributed by atoms with E-state index in [1.165, 1.54) is 0 Å². The normalized spacial score (nSPS) is 20.3. The molecule has 0 amide bonds. The molecule has 3 rings (SSSR count). The smallest absolute Gasteiger partial charge is 0.313 e. The summed E-state index contributed by atoms with van der Waals surface area (Å²) in [6.07, 6.45) is -0.303. The number of hydrogen-bond donors (Lipinski definition) is 0. The molecular formula is C31H38O7. The lowest BCUT2D eigenvalue weighted by molar-refractivity contribution is -0.171. The zero-order valence-corrected chi connectivity index (χ0v) is 23.3. The Morgan fingerprint density at radius 1 is 0.737 bits per heavy atom. The fourth-order valence-electron chi connectivity index (χ4n) is 4.47. The van der Waals surface area contributed by atoms with Gasteiger partial charge in [-0.2, -0.15) is 0 Å². The first kappa shape index (κ1) is 29.1. The molecule has 1 fully saturated rings. The molecule has 0 N–H and O–H groups in total. The quantitative estimate of drug-likeness (QED) is 0.264. The minimum Gasteiger partial charge on any atom is -0.462 e. The van der Waals surface area contributed by atoms with Crippen LogP contribution in [-0.2, 0) is 28.6 Å². The molecule has 0 radical (unpaired) electrons. The lowest BCUT2D eigenvalue weighted by atomic mass is 9.95. The standard InChI is InChI=1S/C31H38O7/c1-19(21-14-11-15-22(16-21)26(32)20-12-9-8-10-13-20)27(33)36-23-17-24(28(34)37-30(2,3)4)25(18-23)29(35)38-31(5,6)7/h8-16,19,23-25H,17-18H2,1-7H3/t19-,23?,24+,25?/m0/s1. The third kappa shape index (κ3) is 7.76. The number of ketones is 1. The number of benzene rings is 2. The number of carbonyl (C=O) groups excluding carboxylic acids is 4. The number of ether oxygens (including phenoxy) is 3. The molecule has 1 aliphatic carbocycles. The number of carbonyl (C=O) groups is 4. The molecule has 0 spiro atoms. The average Bonchev–Trinajstić information content (AvgIpc) is 3.26.